The highest BCUT2D eigenvalue weighted by atomic mass is 35.5. The summed E-state index contributed by atoms with van der Waals surface area (Å²) in [6.45, 7) is 0.733. The molecular weight excluding hydrogens is 498 g/mol. The standard InChI is InChI=1S/C26H20ClN5O3S/c27-19-5-10-22-23(12-19)30-24(33)11-18-13-28-26(31-25(18)22)29-20-6-8-21(9-7-20)36(34,35)32-14-16-3-1-2-4-17(16)15-32/h1-10,12-13H,11,14-15H2,(H,30,33)(H,28,29,31). The fourth-order valence-electron chi connectivity index (χ4n) is 4.48. The van der Waals surface area contributed by atoms with Crippen LogP contribution in [-0.2, 0) is 34.3 Å². The first-order valence-corrected chi connectivity index (χ1v) is 13.1. The van der Waals surface area contributed by atoms with Gasteiger partial charge in [-0.2, -0.15) is 4.31 Å². The highest BCUT2D eigenvalue weighted by Gasteiger charge is 2.30. The van der Waals surface area contributed by atoms with E-state index in [0.29, 0.717) is 46.7 Å². The predicted molar refractivity (Wildman–Crippen MR) is 137 cm³/mol. The highest BCUT2D eigenvalue weighted by Crippen LogP contribution is 2.35. The zero-order valence-corrected chi connectivity index (χ0v) is 20.5. The lowest BCUT2D eigenvalue weighted by molar-refractivity contribution is -0.115. The maximum atomic E-state index is 13.2. The maximum absolute atomic E-state index is 13.2. The van der Waals surface area contributed by atoms with E-state index < -0.39 is 10.0 Å². The Morgan fingerprint density at radius 1 is 0.944 bits per heavy atom. The summed E-state index contributed by atoms with van der Waals surface area (Å²) in [4.78, 5) is 21.5. The number of benzene rings is 3. The summed E-state index contributed by atoms with van der Waals surface area (Å²) >= 11 is 6.11. The van der Waals surface area contributed by atoms with Crippen LogP contribution < -0.4 is 10.6 Å². The number of nitrogens with zero attached hydrogens (tertiary/aromatic N) is 3. The highest BCUT2D eigenvalue weighted by molar-refractivity contribution is 7.89. The number of aromatic nitrogens is 2. The van der Waals surface area contributed by atoms with E-state index in [1.807, 2.05) is 30.3 Å². The number of sulfonamides is 1. The maximum Gasteiger partial charge on any atom is 0.243 e. The van der Waals surface area contributed by atoms with Crippen LogP contribution in [-0.4, -0.2) is 28.6 Å². The third-order valence-corrected chi connectivity index (χ3v) is 8.33. The molecule has 0 fully saturated rings. The molecule has 1 aromatic heterocycles. The zero-order valence-electron chi connectivity index (χ0n) is 18.9. The number of hydrogen-bond acceptors (Lipinski definition) is 6. The summed E-state index contributed by atoms with van der Waals surface area (Å²) in [5.74, 6) is 0.161. The van der Waals surface area contributed by atoms with Gasteiger partial charge in [0.05, 0.1) is 22.7 Å². The first-order chi connectivity index (χ1) is 17.4. The summed E-state index contributed by atoms with van der Waals surface area (Å²) in [7, 11) is -3.63. The molecule has 1 amide bonds. The minimum Gasteiger partial charge on any atom is -0.325 e. The third kappa shape index (κ3) is 4.11. The Bertz CT molecular complexity index is 1600. The Balaban J connectivity index is 1.25. The number of carbonyl (C=O) groups is 1. The lowest BCUT2D eigenvalue weighted by Gasteiger charge is -2.16. The number of amides is 1. The predicted octanol–water partition coefficient (Wildman–Crippen LogP) is 4.74. The molecule has 0 saturated carbocycles. The van der Waals surface area contributed by atoms with Gasteiger partial charge in [0.15, 0.2) is 0 Å². The van der Waals surface area contributed by atoms with Gasteiger partial charge >= 0.3 is 0 Å². The molecule has 0 radical (unpaired) electrons. The molecule has 0 aliphatic carbocycles. The van der Waals surface area contributed by atoms with Crippen LogP contribution in [0.4, 0.5) is 17.3 Å². The summed E-state index contributed by atoms with van der Waals surface area (Å²) in [6.07, 6.45) is 1.77. The van der Waals surface area contributed by atoms with Gasteiger partial charge in [0.1, 0.15) is 0 Å². The van der Waals surface area contributed by atoms with Gasteiger partial charge in [-0.15, -0.1) is 0 Å². The van der Waals surface area contributed by atoms with E-state index in [-0.39, 0.29) is 17.2 Å². The molecule has 8 nitrogen and oxygen atoms in total. The summed E-state index contributed by atoms with van der Waals surface area (Å²) in [5.41, 5.74) is 5.37. The summed E-state index contributed by atoms with van der Waals surface area (Å²) in [5, 5.41) is 6.50. The van der Waals surface area contributed by atoms with E-state index in [2.05, 4.69) is 20.6 Å². The van der Waals surface area contributed by atoms with Crippen LogP contribution in [0.15, 0.2) is 77.8 Å². The Hall–Kier alpha value is -3.79. The Kier molecular flexibility index (Phi) is 5.48. The van der Waals surface area contributed by atoms with Crippen molar-refractivity contribution in [3.8, 4) is 11.3 Å². The molecule has 0 spiro atoms. The van der Waals surface area contributed by atoms with Crippen molar-refractivity contribution in [3.63, 3.8) is 0 Å². The van der Waals surface area contributed by atoms with Crippen LogP contribution in [0, 0.1) is 0 Å². The second-order valence-electron chi connectivity index (χ2n) is 8.67. The number of fused-ring (bicyclic) bond motifs is 4. The SMILES string of the molecule is O=C1Cc2cnc(Nc3ccc(S(=O)(=O)N4Cc5ccccc5C4)cc3)nc2-c2ccc(Cl)cc2N1. The molecule has 10 heteroatoms. The molecule has 0 unspecified atom stereocenters. The minimum absolute atomic E-state index is 0.148. The van der Waals surface area contributed by atoms with E-state index in [4.69, 9.17) is 11.6 Å². The molecule has 0 atom stereocenters. The van der Waals surface area contributed by atoms with Crippen molar-refractivity contribution in [2.24, 2.45) is 0 Å². The number of anilines is 3. The second-order valence-corrected chi connectivity index (χ2v) is 11.0. The first-order valence-electron chi connectivity index (χ1n) is 11.3. The van der Waals surface area contributed by atoms with Gasteiger partial charge < -0.3 is 10.6 Å². The molecule has 6 rings (SSSR count). The van der Waals surface area contributed by atoms with Crippen LogP contribution in [0.25, 0.3) is 11.3 Å². The van der Waals surface area contributed by atoms with E-state index in [1.165, 1.54) is 4.31 Å². The molecule has 3 aromatic carbocycles. The van der Waals surface area contributed by atoms with Crippen molar-refractivity contribution in [2.75, 3.05) is 10.6 Å². The fraction of sp³-hybridized carbons (Fsp3) is 0.115. The Labute approximate surface area is 213 Å². The molecule has 180 valence electrons. The van der Waals surface area contributed by atoms with Crippen molar-refractivity contribution in [3.05, 3.63) is 94.6 Å². The van der Waals surface area contributed by atoms with Gasteiger partial charge in [0.2, 0.25) is 21.9 Å². The van der Waals surface area contributed by atoms with Gasteiger partial charge in [0.25, 0.3) is 0 Å². The largest absolute Gasteiger partial charge is 0.325 e. The molecule has 2 aliphatic rings. The van der Waals surface area contributed by atoms with E-state index >= 15 is 0 Å². The minimum atomic E-state index is -3.63. The molecule has 4 aromatic rings. The van der Waals surface area contributed by atoms with Crippen molar-refractivity contribution >= 4 is 44.9 Å². The zero-order chi connectivity index (χ0) is 24.9. The van der Waals surface area contributed by atoms with Crippen LogP contribution in [0.1, 0.15) is 16.7 Å². The van der Waals surface area contributed by atoms with Crippen LogP contribution in [0.5, 0.6) is 0 Å². The molecule has 36 heavy (non-hydrogen) atoms. The molecular formula is C26H20ClN5O3S. The van der Waals surface area contributed by atoms with Crippen molar-refractivity contribution in [1.29, 1.82) is 0 Å². The molecule has 2 aliphatic heterocycles. The van der Waals surface area contributed by atoms with E-state index in [1.54, 1.807) is 42.6 Å². The summed E-state index contributed by atoms with van der Waals surface area (Å²) < 4.78 is 27.8. The lowest BCUT2D eigenvalue weighted by Crippen LogP contribution is -2.25. The van der Waals surface area contributed by atoms with Gasteiger partial charge in [-0.05, 0) is 53.6 Å². The van der Waals surface area contributed by atoms with E-state index in [0.717, 1.165) is 16.7 Å². The topological polar surface area (TPSA) is 104 Å². The van der Waals surface area contributed by atoms with Gasteiger partial charge in [-0.25, -0.2) is 18.4 Å². The second kappa shape index (κ2) is 8.70. The Morgan fingerprint density at radius 3 is 2.39 bits per heavy atom. The average Bonchev–Trinajstić information content (AvgIpc) is 3.25. The monoisotopic (exact) mass is 517 g/mol. The number of nitrogens with one attached hydrogen (secondary N) is 2. The third-order valence-electron chi connectivity index (χ3n) is 6.29. The Morgan fingerprint density at radius 2 is 1.67 bits per heavy atom. The number of halogens is 1. The van der Waals surface area contributed by atoms with Gasteiger partial charge in [0, 0.05) is 41.1 Å². The molecule has 0 bridgehead atoms. The first kappa shape index (κ1) is 22.7. The smallest absolute Gasteiger partial charge is 0.243 e. The van der Waals surface area contributed by atoms with Crippen molar-refractivity contribution in [1.82, 2.24) is 14.3 Å². The van der Waals surface area contributed by atoms with Gasteiger partial charge in [-0.1, -0.05) is 35.9 Å². The van der Waals surface area contributed by atoms with Gasteiger partial charge in [-0.3, -0.25) is 4.79 Å². The van der Waals surface area contributed by atoms with Crippen molar-refractivity contribution < 1.29 is 13.2 Å². The number of rotatable bonds is 4. The summed E-state index contributed by atoms with van der Waals surface area (Å²) in [6, 6.07) is 19.5. The lowest BCUT2D eigenvalue weighted by atomic mass is 10.1. The molecule has 0 saturated heterocycles. The number of hydrogen-bond donors (Lipinski definition) is 2. The normalized spacial score (nSPS) is 14.9. The fourth-order valence-corrected chi connectivity index (χ4v) is 6.05. The number of carbonyl (C=O) groups excluding carboxylic acids is 1. The van der Waals surface area contributed by atoms with Crippen LogP contribution >= 0.6 is 11.6 Å². The van der Waals surface area contributed by atoms with Crippen molar-refractivity contribution in [2.45, 2.75) is 24.4 Å². The quantitative estimate of drug-likeness (QED) is 0.405. The van der Waals surface area contributed by atoms with Crippen LogP contribution in [0.2, 0.25) is 5.02 Å². The van der Waals surface area contributed by atoms with E-state index in [9.17, 15) is 13.2 Å². The molecule has 3 heterocycles. The molecule has 2 N–H and O–H groups in total. The van der Waals surface area contributed by atoms with Crippen LogP contribution in [0.3, 0.4) is 0 Å². The average molecular weight is 518 g/mol.